The Hall–Kier alpha value is -1.07. The molecule has 0 bridgehead atoms. The Labute approximate surface area is 97.1 Å². The Balaban J connectivity index is 2.89. The second kappa shape index (κ2) is 5.32. The first-order valence-electron chi connectivity index (χ1n) is 5.32. The fourth-order valence-corrected chi connectivity index (χ4v) is 2.59. The fourth-order valence-electron chi connectivity index (χ4n) is 1.33. The van der Waals surface area contributed by atoms with Crippen LogP contribution in [0.15, 0.2) is 29.2 Å². The van der Waals surface area contributed by atoms with Gasteiger partial charge >= 0.3 is 0 Å². The maximum absolute atomic E-state index is 11.8. The van der Waals surface area contributed by atoms with Gasteiger partial charge in [0.2, 0.25) is 10.0 Å². The van der Waals surface area contributed by atoms with E-state index < -0.39 is 10.0 Å². The third kappa shape index (κ3) is 3.50. The van der Waals surface area contributed by atoms with Crippen LogP contribution in [-0.4, -0.2) is 21.0 Å². The summed E-state index contributed by atoms with van der Waals surface area (Å²) in [6, 6.07) is 6.63. The molecule has 0 saturated heterocycles. The molecule has 1 aromatic rings. The minimum atomic E-state index is -3.37. The Morgan fingerprint density at radius 3 is 2.19 bits per heavy atom. The van der Waals surface area contributed by atoms with Crippen LogP contribution in [0.4, 0.5) is 5.69 Å². The Kier molecular flexibility index (Phi) is 4.32. The molecule has 0 unspecified atom stereocenters. The van der Waals surface area contributed by atoms with Gasteiger partial charge in [-0.1, -0.05) is 0 Å². The number of hydrogen-bond donors (Lipinski definition) is 2. The molecule has 5 heteroatoms. The maximum Gasteiger partial charge on any atom is 0.240 e. The normalized spacial score (nSPS) is 11.8. The zero-order valence-corrected chi connectivity index (χ0v) is 10.6. The summed E-state index contributed by atoms with van der Waals surface area (Å²) in [5, 5.41) is 3.11. The smallest absolute Gasteiger partial charge is 0.240 e. The van der Waals surface area contributed by atoms with Crippen LogP contribution >= 0.6 is 0 Å². The predicted octanol–water partition coefficient (Wildman–Crippen LogP) is 1.81. The first-order valence-corrected chi connectivity index (χ1v) is 6.80. The van der Waals surface area contributed by atoms with Gasteiger partial charge < -0.3 is 5.32 Å². The predicted molar refractivity (Wildman–Crippen MR) is 66.1 cm³/mol. The highest BCUT2D eigenvalue weighted by molar-refractivity contribution is 7.89. The largest absolute Gasteiger partial charge is 0.385 e. The summed E-state index contributed by atoms with van der Waals surface area (Å²) in [6.07, 6.45) is 0. The molecule has 0 spiro atoms. The second-order valence-corrected chi connectivity index (χ2v) is 5.54. The molecule has 0 atom stereocenters. The van der Waals surface area contributed by atoms with Crippen molar-refractivity contribution in [1.82, 2.24) is 4.72 Å². The summed E-state index contributed by atoms with van der Waals surface area (Å²) in [5.74, 6) is 0. The van der Waals surface area contributed by atoms with Crippen molar-refractivity contribution < 1.29 is 8.42 Å². The van der Waals surface area contributed by atoms with E-state index in [0.717, 1.165) is 12.2 Å². The lowest BCUT2D eigenvalue weighted by Gasteiger charge is -2.10. The van der Waals surface area contributed by atoms with Crippen LogP contribution in [0.1, 0.15) is 20.8 Å². The van der Waals surface area contributed by atoms with Crippen LogP contribution < -0.4 is 10.0 Å². The van der Waals surface area contributed by atoms with Crippen LogP contribution in [-0.2, 0) is 10.0 Å². The SMILES string of the molecule is CCNc1ccc(S(=O)(=O)NC(C)C)cc1. The quantitative estimate of drug-likeness (QED) is 0.828. The molecule has 1 aromatic carbocycles. The van der Waals surface area contributed by atoms with Gasteiger partial charge in [-0.3, -0.25) is 0 Å². The molecule has 0 aliphatic heterocycles. The third-order valence-electron chi connectivity index (χ3n) is 1.94. The molecule has 4 nitrogen and oxygen atoms in total. The molecule has 2 N–H and O–H groups in total. The van der Waals surface area contributed by atoms with E-state index in [1.54, 1.807) is 38.1 Å². The van der Waals surface area contributed by atoms with E-state index in [9.17, 15) is 8.42 Å². The van der Waals surface area contributed by atoms with E-state index in [2.05, 4.69) is 10.0 Å². The molecule has 1 rings (SSSR count). The van der Waals surface area contributed by atoms with Crippen molar-refractivity contribution in [3.63, 3.8) is 0 Å². The van der Waals surface area contributed by atoms with Crippen LogP contribution in [0.3, 0.4) is 0 Å². The summed E-state index contributed by atoms with van der Waals surface area (Å²) in [4.78, 5) is 0.294. The summed E-state index contributed by atoms with van der Waals surface area (Å²) in [7, 11) is -3.37. The Bertz CT molecular complexity index is 424. The number of rotatable bonds is 5. The zero-order valence-electron chi connectivity index (χ0n) is 9.82. The van der Waals surface area contributed by atoms with Crippen molar-refractivity contribution in [2.45, 2.75) is 31.7 Å². The fraction of sp³-hybridized carbons (Fsp3) is 0.455. The van der Waals surface area contributed by atoms with Crippen molar-refractivity contribution in [3.8, 4) is 0 Å². The van der Waals surface area contributed by atoms with Gasteiger partial charge in [-0.25, -0.2) is 13.1 Å². The summed E-state index contributed by atoms with van der Waals surface area (Å²) in [6.45, 7) is 6.40. The summed E-state index contributed by atoms with van der Waals surface area (Å²) >= 11 is 0. The van der Waals surface area contributed by atoms with Crippen molar-refractivity contribution in [2.75, 3.05) is 11.9 Å². The number of benzene rings is 1. The summed E-state index contributed by atoms with van der Waals surface area (Å²) < 4.78 is 26.1. The summed E-state index contributed by atoms with van der Waals surface area (Å²) in [5.41, 5.74) is 0.922. The van der Waals surface area contributed by atoms with Gasteiger partial charge in [0.05, 0.1) is 4.90 Å². The molecule has 0 amide bonds. The van der Waals surface area contributed by atoms with Crippen molar-refractivity contribution >= 4 is 15.7 Å². The topological polar surface area (TPSA) is 58.2 Å². The molecule has 90 valence electrons. The number of hydrogen-bond acceptors (Lipinski definition) is 3. The van der Waals surface area contributed by atoms with Crippen molar-refractivity contribution in [3.05, 3.63) is 24.3 Å². The van der Waals surface area contributed by atoms with Crippen molar-refractivity contribution in [1.29, 1.82) is 0 Å². The van der Waals surface area contributed by atoms with Gasteiger partial charge in [0.1, 0.15) is 0 Å². The highest BCUT2D eigenvalue weighted by Gasteiger charge is 2.14. The molecule has 16 heavy (non-hydrogen) atoms. The molecule has 0 aromatic heterocycles. The zero-order chi connectivity index (χ0) is 12.2. The van der Waals surface area contributed by atoms with Crippen LogP contribution in [0.25, 0.3) is 0 Å². The van der Waals surface area contributed by atoms with Gasteiger partial charge in [0.15, 0.2) is 0 Å². The highest BCUT2D eigenvalue weighted by Crippen LogP contribution is 2.13. The number of sulfonamides is 1. The van der Waals surface area contributed by atoms with Gasteiger partial charge in [0.25, 0.3) is 0 Å². The van der Waals surface area contributed by atoms with Crippen LogP contribution in [0.5, 0.6) is 0 Å². The van der Waals surface area contributed by atoms with Gasteiger partial charge in [-0.05, 0) is 45.0 Å². The third-order valence-corrected chi connectivity index (χ3v) is 3.61. The lowest BCUT2D eigenvalue weighted by atomic mass is 10.3. The Morgan fingerprint density at radius 2 is 1.75 bits per heavy atom. The maximum atomic E-state index is 11.8. The molecular formula is C11H18N2O2S. The minimum absolute atomic E-state index is 0.0987. The monoisotopic (exact) mass is 242 g/mol. The molecule has 0 aliphatic carbocycles. The van der Waals surface area contributed by atoms with Crippen LogP contribution in [0.2, 0.25) is 0 Å². The lowest BCUT2D eigenvalue weighted by Crippen LogP contribution is -2.30. The highest BCUT2D eigenvalue weighted by atomic mass is 32.2. The van der Waals surface area contributed by atoms with Gasteiger partial charge in [-0.2, -0.15) is 0 Å². The molecule has 0 fully saturated rings. The average molecular weight is 242 g/mol. The van der Waals surface area contributed by atoms with Gasteiger partial charge in [0, 0.05) is 18.3 Å². The van der Waals surface area contributed by atoms with E-state index >= 15 is 0 Å². The van der Waals surface area contributed by atoms with E-state index in [1.165, 1.54) is 0 Å². The molecule has 0 aliphatic rings. The van der Waals surface area contributed by atoms with Gasteiger partial charge in [-0.15, -0.1) is 0 Å². The van der Waals surface area contributed by atoms with Crippen molar-refractivity contribution in [2.24, 2.45) is 0 Å². The first kappa shape index (κ1) is 13.0. The molecular weight excluding hydrogens is 224 g/mol. The standard InChI is InChI=1S/C11H18N2O2S/c1-4-12-10-5-7-11(8-6-10)16(14,15)13-9(2)3/h5-9,12-13H,4H2,1-3H3. The molecule has 0 saturated carbocycles. The van der Waals surface area contributed by atoms with E-state index in [1.807, 2.05) is 6.92 Å². The molecule has 0 radical (unpaired) electrons. The number of nitrogens with one attached hydrogen (secondary N) is 2. The first-order chi connectivity index (χ1) is 7.45. The van der Waals surface area contributed by atoms with E-state index in [-0.39, 0.29) is 6.04 Å². The van der Waals surface area contributed by atoms with E-state index in [4.69, 9.17) is 0 Å². The Morgan fingerprint density at radius 1 is 1.19 bits per heavy atom. The van der Waals surface area contributed by atoms with E-state index in [0.29, 0.717) is 4.90 Å². The molecule has 0 heterocycles. The lowest BCUT2D eigenvalue weighted by molar-refractivity contribution is 0.570. The number of anilines is 1. The minimum Gasteiger partial charge on any atom is -0.385 e. The van der Waals surface area contributed by atoms with Crippen LogP contribution in [0, 0.1) is 0 Å². The second-order valence-electron chi connectivity index (χ2n) is 3.83. The average Bonchev–Trinajstić information content (AvgIpc) is 2.17.